The van der Waals surface area contributed by atoms with E-state index in [1.165, 1.54) is 12.1 Å². The van der Waals surface area contributed by atoms with Gasteiger partial charge in [-0.2, -0.15) is 0 Å². The average Bonchev–Trinajstić information content (AvgIpc) is 2.64. The molecule has 0 aliphatic carbocycles. The van der Waals surface area contributed by atoms with Gasteiger partial charge in [0.15, 0.2) is 0 Å². The van der Waals surface area contributed by atoms with Crippen LogP contribution in [0.2, 0.25) is 0 Å². The quantitative estimate of drug-likeness (QED) is 0.769. The van der Waals surface area contributed by atoms with Crippen LogP contribution in [0.3, 0.4) is 0 Å². The third-order valence-corrected chi connectivity index (χ3v) is 4.43. The topological polar surface area (TPSA) is 41.1 Å². The Morgan fingerprint density at radius 2 is 1.96 bits per heavy atom. The summed E-state index contributed by atoms with van der Waals surface area (Å²) in [6.45, 7) is 2.23. The van der Waals surface area contributed by atoms with E-state index in [1.807, 2.05) is 6.07 Å². The molecule has 0 unspecified atom stereocenters. The lowest BCUT2D eigenvalue weighted by atomic mass is 10.1. The number of para-hydroxylation sites is 1. The van der Waals surface area contributed by atoms with Crippen molar-refractivity contribution in [3.63, 3.8) is 0 Å². The van der Waals surface area contributed by atoms with Crippen LogP contribution in [0, 0.1) is 11.6 Å². The van der Waals surface area contributed by atoms with Gasteiger partial charge in [-0.05, 0) is 29.8 Å². The molecule has 0 saturated carbocycles. The maximum absolute atomic E-state index is 13.7. The Labute approximate surface area is 150 Å². The summed E-state index contributed by atoms with van der Waals surface area (Å²) in [5.74, 6) is -0.158. The fourth-order valence-corrected chi connectivity index (χ4v) is 3.15. The van der Waals surface area contributed by atoms with Gasteiger partial charge in [0.2, 0.25) is 5.95 Å². The summed E-state index contributed by atoms with van der Waals surface area (Å²) in [5, 5.41) is 2.93. The molecule has 1 N–H and O–H groups in total. The summed E-state index contributed by atoms with van der Waals surface area (Å²) in [7, 11) is 0. The molecule has 1 aliphatic rings. The Kier molecular flexibility index (Phi) is 4.58. The number of anilines is 2. The summed E-state index contributed by atoms with van der Waals surface area (Å²) < 4.78 is 27.1. The second-order valence-electron chi connectivity index (χ2n) is 6.36. The zero-order valence-electron chi connectivity index (χ0n) is 14.1. The van der Waals surface area contributed by atoms with E-state index < -0.39 is 0 Å². The van der Waals surface area contributed by atoms with Crippen LogP contribution in [0.15, 0.2) is 54.7 Å². The fourth-order valence-electron chi connectivity index (χ4n) is 3.15. The Morgan fingerprint density at radius 1 is 1.08 bits per heavy atom. The highest BCUT2D eigenvalue weighted by molar-refractivity contribution is 5.54. The Bertz CT molecular complexity index is 929. The third-order valence-electron chi connectivity index (χ3n) is 4.43. The molecule has 26 heavy (non-hydrogen) atoms. The minimum Gasteiger partial charge on any atom is -0.322 e. The number of benzene rings is 2. The fraction of sp³-hybridized carbons (Fsp3) is 0.200. The van der Waals surface area contributed by atoms with Crippen molar-refractivity contribution in [3.05, 3.63) is 83.2 Å². The molecule has 0 atom stereocenters. The molecule has 0 fully saturated rings. The number of hydrogen-bond donors (Lipinski definition) is 1. The second kappa shape index (κ2) is 7.17. The standard InChI is InChI=1S/C20H18F2N4/c21-16-5-3-4-14(10-16)12-26-9-8-18-15(13-26)11-23-20(24-18)25-19-7-2-1-6-17(19)22/h1-7,10-11H,8-9,12-13H2,(H,23,24,25). The zero-order valence-corrected chi connectivity index (χ0v) is 14.1. The highest BCUT2D eigenvalue weighted by Gasteiger charge is 2.19. The number of aromatic nitrogens is 2. The van der Waals surface area contributed by atoms with Gasteiger partial charge >= 0.3 is 0 Å². The Balaban J connectivity index is 1.46. The van der Waals surface area contributed by atoms with Gasteiger partial charge in [-0.3, -0.25) is 4.90 Å². The molecule has 0 saturated heterocycles. The molecule has 4 rings (SSSR count). The van der Waals surface area contributed by atoms with E-state index in [-0.39, 0.29) is 11.6 Å². The number of rotatable bonds is 4. The minimum absolute atomic E-state index is 0.216. The zero-order chi connectivity index (χ0) is 17.9. The first-order valence-electron chi connectivity index (χ1n) is 8.50. The van der Waals surface area contributed by atoms with E-state index in [2.05, 4.69) is 20.2 Å². The monoisotopic (exact) mass is 352 g/mol. The Morgan fingerprint density at radius 3 is 2.81 bits per heavy atom. The first-order valence-corrected chi connectivity index (χ1v) is 8.50. The SMILES string of the molecule is Fc1cccc(CN2CCc3nc(Nc4ccccc4F)ncc3C2)c1. The summed E-state index contributed by atoms with van der Waals surface area (Å²) in [6, 6.07) is 13.1. The summed E-state index contributed by atoms with van der Waals surface area (Å²) in [4.78, 5) is 11.1. The number of hydrogen-bond acceptors (Lipinski definition) is 4. The molecular formula is C20H18F2N4. The van der Waals surface area contributed by atoms with Crippen molar-refractivity contribution in [3.8, 4) is 0 Å². The van der Waals surface area contributed by atoms with Crippen molar-refractivity contribution in [2.24, 2.45) is 0 Å². The number of nitrogens with one attached hydrogen (secondary N) is 1. The lowest BCUT2D eigenvalue weighted by Crippen LogP contribution is -2.31. The molecule has 2 heterocycles. The summed E-state index contributed by atoms with van der Waals surface area (Å²) >= 11 is 0. The molecule has 132 valence electrons. The van der Waals surface area contributed by atoms with Crippen LogP contribution in [-0.4, -0.2) is 21.4 Å². The minimum atomic E-state index is -0.338. The van der Waals surface area contributed by atoms with Gasteiger partial charge in [0.25, 0.3) is 0 Å². The first kappa shape index (κ1) is 16.6. The molecular weight excluding hydrogens is 334 g/mol. The van der Waals surface area contributed by atoms with Crippen molar-refractivity contribution in [2.75, 3.05) is 11.9 Å². The summed E-state index contributed by atoms with van der Waals surface area (Å²) in [6.07, 6.45) is 2.56. The van der Waals surface area contributed by atoms with Crippen LogP contribution in [0.5, 0.6) is 0 Å². The second-order valence-corrected chi connectivity index (χ2v) is 6.36. The molecule has 1 aromatic heterocycles. The van der Waals surface area contributed by atoms with Crippen molar-refractivity contribution < 1.29 is 8.78 Å². The van der Waals surface area contributed by atoms with Crippen LogP contribution < -0.4 is 5.32 Å². The molecule has 0 spiro atoms. The van der Waals surface area contributed by atoms with Crippen LogP contribution in [0.25, 0.3) is 0 Å². The van der Waals surface area contributed by atoms with E-state index in [0.717, 1.165) is 29.8 Å². The van der Waals surface area contributed by atoms with Crippen molar-refractivity contribution in [2.45, 2.75) is 19.5 Å². The largest absolute Gasteiger partial charge is 0.322 e. The highest BCUT2D eigenvalue weighted by atomic mass is 19.1. The predicted molar refractivity (Wildman–Crippen MR) is 95.9 cm³/mol. The predicted octanol–water partition coefficient (Wildman–Crippen LogP) is 4.06. The van der Waals surface area contributed by atoms with E-state index >= 15 is 0 Å². The molecule has 0 radical (unpaired) electrons. The van der Waals surface area contributed by atoms with Gasteiger partial charge in [0.1, 0.15) is 11.6 Å². The number of nitrogens with zero attached hydrogens (tertiary/aromatic N) is 3. The van der Waals surface area contributed by atoms with Gasteiger partial charge in [0.05, 0.1) is 11.4 Å². The van der Waals surface area contributed by atoms with E-state index in [1.54, 1.807) is 36.5 Å². The van der Waals surface area contributed by atoms with Crippen LogP contribution >= 0.6 is 0 Å². The normalized spacial score (nSPS) is 14.1. The number of halogens is 2. The van der Waals surface area contributed by atoms with Crippen LogP contribution in [0.4, 0.5) is 20.4 Å². The van der Waals surface area contributed by atoms with Crippen LogP contribution in [0.1, 0.15) is 16.8 Å². The highest BCUT2D eigenvalue weighted by Crippen LogP contribution is 2.22. The van der Waals surface area contributed by atoms with Gasteiger partial charge in [0, 0.05) is 37.8 Å². The van der Waals surface area contributed by atoms with Gasteiger partial charge in [-0.25, -0.2) is 18.7 Å². The van der Waals surface area contributed by atoms with Crippen LogP contribution in [-0.2, 0) is 19.5 Å². The molecule has 2 aromatic carbocycles. The van der Waals surface area contributed by atoms with Gasteiger partial charge in [-0.1, -0.05) is 24.3 Å². The number of fused-ring (bicyclic) bond motifs is 1. The molecule has 6 heteroatoms. The van der Waals surface area contributed by atoms with E-state index in [4.69, 9.17) is 0 Å². The lowest BCUT2D eigenvalue weighted by molar-refractivity contribution is 0.242. The smallest absolute Gasteiger partial charge is 0.227 e. The van der Waals surface area contributed by atoms with E-state index in [9.17, 15) is 8.78 Å². The molecule has 4 nitrogen and oxygen atoms in total. The molecule has 1 aliphatic heterocycles. The van der Waals surface area contributed by atoms with Gasteiger partial charge < -0.3 is 5.32 Å². The maximum Gasteiger partial charge on any atom is 0.227 e. The van der Waals surface area contributed by atoms with Crippen molar-refractivity contribution in [1.82, 2.24) is 14.9 Å². The maximum atomic E-state index is 13.7. The Hall–Kier alpha value is -2.86. The van der Waals surface area contributed by atoms with Crippen molar-refractivity contribution >= 4 is 11.6 Å². The van der Waals surface area contributed by atoms with Gasteiger partial charge in [-0.15, -0.1) is 0 Å². The lowest BCUT2D eigenvalue weighted by Gasteiger charge is -2.28. The van der Waals surface area contributed by atoms with E-state index in [0.29, 0.717) is 24.7 Å². The molecule has 0 bridgehead atoms. The molecule has 3 aromatic rings. The molecule has 0 amide bonds. The summed E-state index contributed by atoms with van der Waals surface area (Å²) in [5.41, 5.74) is 3.32. The van der Waals surface area contributed by atoms with Crippen molar-refractivity contribution in [1.29, 1.82) is 0 Å². The third kappa shape index (κ3) is 3.70. The average molecular weight is 352 g/mol. The first-order chi connectivity index (χ1) is 12.7.